The summed E-state index contributed by atoms with van der Waals surface area (Å²) in [6.07, 6.45) is 13.0. The van der Waals surface area contributed by atoms with Gasteiger partial charge in [0.25, 0.3) is 0 Å². The first-order chi connectivity index (χ1) is 14.8. The highest BCUT2D eigenvalue weighted by Gasteiger charge is 2.01. The van der Waals surface area contributed by atoms with Crippen molar-refractivity contribution in [1.82, 2.24) is 0 Å². The summed E-state index contributed by atoms with van der Waals surface area (Å²) >= 11 is 0. The van der Waals surface area contributed by atoms with Crippen LogP contribution in [0, 0.1) is 0 Å². The molecule has 0 heterocycles. The zero-order valence-corrected chi connectivity index (χ0v) is 18.2. The number of aryl methyl sites for hydroxylation is 2. The van der Waals surface area contributed by atoms with E-state index in [2.05, 4.69) is 111 Å². The topological polar surface area (TPSA) is 9.23 Å². The minimum absolute atomic E-state index is 0.593. The first-order valence-corrected chi connectivity index (χ1v) is 10.9. The normalized spacial score (nSPS) is 11.4. The molecular weight excluding hydrogens is 364 g/mol. The molecule has 1 heteroatoms. The van der Waals surface area contributed by atoms with Crippen LogP contribution in [0.25, 0.3) is 11.1 Å². The Morgan fingerprint density at radius 2 is 1.00 bits per heavy atom. The molecule has 0 aliphatic heterocycles. The van der Waals surface area contributed by atoms with Crippen LogP contribution in [0.2, 0.25) is 0 Å². The molecule has 3 aromatic carbocycles. The lowest BCUT2D eigenvalue weighted by Gasteiger charge is -2.09. The van der Waals surface area contributed by atoms with E-state index in [1.54, 1.807) is 0 Å². The van der Waals surface area contributed by atoms with Crippen LogP contribution >= 0.6 is 0 Å². The molecule has 0 aliphatic rings. The molecule has 0 N–H and O–H groups in total. The highest BCUT2D eigenvalue weighted by atomic mass is 16.5. The fourth-order valence-corrected chi connectivity index (χ4v) is 3.41. The number of ether oxygens (including phenoxy) is 1. The summed E-state index contributed by atoms with van der Waals surface area (Å²) in [5, 5.41) is 0. The highest BCUT2D eigenvalue weighted by Crippen LogP contribution is 2.24. The van der Waals surface area contributed by atoms with Gasteiger partial charge < -0.3 is 4.74 Å². The van der Waals surface area contributed by atoms with Gasteiger partial charge in [0.15, 0.2) is 0 Å². The van der Waals surface area contributed by atoms with E-state index in [0.717, 1.165) is 31.4 Å². The maximum Gasteiger partial charge on any atom is 0.119 e. The third-order valence-electron chi connectivity index (χ3n) is 5.24. The van der Waals surface area contributed by atoms with Gasteiger partial charge in [0, 0.05) is 0 Å². The van der Waals surface area contributed by atoms with Crippen molar-refractivity contribution >= 4 is 0 Å². The second kappa shape index (κ2) is 11.8. The second-order valence-electron chi connectivity index (χ2n) is 7.54. The highest BCUT2D eigenvalue weighted by molar-refractivity contribution is 5.64. The molecule has 0 radical (unpaired) electrons. The van der Waals surface area contributed by atoms with Crippen molar-refractivity contribution in [2.24, 2.45) is 0 Å². The van der Waals surface area contributed by atoms with Gasteiger partial charge in [-0.1, -0.05) is 85.0 Å². The molecule has 0 unspecified atom stereocenters. The Bertz CT molecular complexity index is 929. The Balaban J connectivity index is 1.52. The Morgan fingerprint density at radius 3 is 1.50 bits per heavy atom. The summed E-state index contributed by atoms with van der Waals surface area (Å²) in [7, 11) is 0. The Morgan fingerprint density at radius 1 is 0.567 bits per heavy atom. The van der Waals surface area contributed by atoms with Crippen LogP contribution in [0.3, 0.4) is 0 Å². The molecule has 0 aliphatic carbocycles. The van der Waals surface area contributed by atoms with E-state index in [0.29, 0.717) is 6.61 Å². The van der Waals surface area contributed by atoms with Crippen molar-refractivity contribution in [2.75, 3.05) is 0 Å². The zero-order chi connectivity index (χ0) is 21.0. The third-order valence-corrected chi connectivity index (χ3v) is 5.24. The van der Waals surface area contributed by atoms with E-state index < -0.39 is 0 Å². The Labute approximate surface area is 181 Å². The van der Waals surface area contributed by atoms with Gasteiger partial charge >= 0.3 is 0 Å². The number of hydrogen-bond acceptors (Lipinski definition) is 1. The van der Waals surface area contributed by atoms with Crippen molar-refractivity contribution in [1.29, 1.82) is 0 Å². The monoisotopic (exact) mass is 396 g/mol. The molecule has 0 fully saturated rings. The van der Waals surface area contributed by atoms with E-state index in [1.165, 1.54) is 27.8 Å². The standard InChI is InChI=1S/C29H32O/c1-3-5-7-9-24-11-13-26(14-12-24)23-30-29-21-19-28(20-22-29)27-17-15-25(16-18-27)10-8-6-4-2/h3-6,11-22H,7-10,23H2,1-2H3/b5-3+,6-4+. The number of benzene rings is 3. The molecule has 0 saturated heterocycles. The lowest BCUT2D eigenvalue weighted by Crippen LogP contribution is -1.96. The van der Waals surface area contributed by atoms with Crippen molar-refractivity contribution < 1.29 is 4.74 Å². The zero-order valence-electron chi connectivity index (χ0n) is 18.2. The van der Waals surface area contributed by atoms with E-state index in [4.69, 9.17) is 4.74 Å². The summed E-state index contributed by atoms with van der Waals surface area (Å²) in [5.41, 5.74) is 6.40. The van der Waals surface area contributed by atoms with Gasteiger partial charge in [-0.15, -0.1) is 0 Å². The number of rotatable bonds is 10. The first-order valence-electron chi connectivity index (χ1n) is 10.9. The quantitative estimate of drug-likeness (QED) is 0.316. The van der Waals surface area contributed by atoms with Crippen LogP contribution < -0.4 is 4.74 Å². The lowest BCUT2D eigenvalue weighted by molar-refractivity contribution is 0.306. The first kappa shape index (κ1) is 21.6. The van der Waals surface area contributed by atoms with Crippen LogP contribution in [-0.2, 0) is 19.4 Å². The third kappa shape index (κ3) is 6.77. The predicted octanol–water partition coefficient (Wildman–Crippen LogP) is 7.95. The van der Waals surface area contributed by atoms with Crippen LogP contribution in [0.4, 0.5) is 0 Å². The predicted molar refractivity (Wildman–Crippen MR) is 129 cm³/mol. The molecular formula is C29H32O. The van der Waals surface area contributed by atoms with E-state index in [9.17, 15) is 0 Å². The minimum Gasteiger partial charge on any atom is -0.489 e. The molecule has 0 spiro atoms. The van der Waals surface area contributed by atoms with Gasteiger partial charge in [-0.2, -0.15) is 0 Å². The average Bonchev–Trinajstić information content (AvgIpc) is 2.80. The van der Waals surface area contributed by atoms with Crippen molar-refractivity contribution in [3.8, 4) is 16.9 Å². The smallest absolute Gasteiger partial charge is 0.119 e. The molecule has 30 heavy (non-hydrogen) atoms. The Kier molecular flexibility index (Phi) is 8.53. The van der Waals surface area contributed by atoms with Crippen molar-refractivity contribution in [3.63, 3.8) is 0 Å². The average molecular weight is 397 g/mol. The molecule has 3 aromatic rings. The van der Waals surface area contributed by atoms with Crippen LogP contribution in [0.1, 0.15) is 43.4 Å². The second-order valence-corrected chi connectivity index (χ2v) is 7.54. The molecule has 0 amide bonds. The fourth-order valence-electron chi connectivity index (χ4n) is 3.41. The van der Waals surface area contributed by atoms with Crippen LogP contribution in [-0.4, -0.2) is 0 Å². The molecule has 3 rings (SSSR count). The van der Waals surface area contributed by atoms with Gasteiger partial charge in [-0.25, -0.2) is 0 Å². The number of allylic oxidation sites excluding steroid dienone is 4. The van der Waals surface area contributed by atoms with Gasteiger partial charge in [0.2, 0.25) is 0 Å². The summed E-state index contributed by atoms with van der Waals surface area (Å²) < 4.78 is 5.98. The van der Waals surface area contributed by atoms with Crippen molar-refractivity contribution in [2.45, 2.75) is 46.1 Å². The summed E-state index contributed by atoms with van der Waals surface area (Å²) in [6.45, 7) is 4.73. The van der Waals surface area contributed by atoms with Crippen LogP contribution in [0.15, 0.2) is 97.1 Å². The molecule has 0 aromatic heterocycles. The van der Waals surface area contributed by atoms with E-state index in [1.807, 2.05) is 0 Å². The van der Waals surface area contributed by atoms with E-state index >= 15 is 0 Å². The Hall–Kier alpha value is -3.06. The van der Waals surface area contributed by atoms with E-state index in [-0.39, 0.29) is 0 Å². The minimum atomic E-state index is 0.593. The lowest BCUT2D eigenvalue weighted by atomic mass is 10.0. The molecule has 0 atom stereocenters. The largest absolute Gasteiger partial charge is 0.489 e. The van der Waals surface area contributed by atoms with Gasteiger partial charge in [0.05, 0.1) is 0 Å². The van der Waals surface area contributed by atoms with Gasteiger partial charge in [-0.05, 0) is 79.5 Å². The molecule has 0 saturated carbocycles. The molecule has 154 valence electrons. The van der Waals surface area contributed by atoms with Gasteiger partial charge in [0.1, 0.15) is 12.4 Å². The summed E-state index contributed by atoms with van der Waals surface area (Å²) in [5.74, 6) is 0.902. The molecule has 0 bridgehead atoms. The van der Waals surface area contributed by atoms with Gasteiger partial charge in [-0.3, -0.25) is 0 Å². The molecule has 1 nitrogen and oxygen atoms in total. The maximum absolute atomic E-state index is 5.98. The summed E-state index contributed by atoms with van der Waals surface area (Å²) in [6, 6.07) is 26.0. The maximum atomic E-state index is 5.98. The van der Waals surface area contributed by atoms with Crippen LogP contribution in [0.5, 0.6) is 5.75 Å². The SMILES string of the molecule is C/C=C/CCc1ccc(COc2ccc(-c3ccc(CC/C=C/C)cc3)cc2)cc1. The van der Waals surface area contributed by atoms with Crippen molar-refractivity contribution in [3.05, 3.63) is 114 Å². The fraction of sp³-hybridized carbons (Fsp3) is 0.241. The number of hydrogen-bond donors (Lipinski definition) is 0. The summed E-state index contributed by atoms with van der Waals surface area (Å²) in [4.78, 5) is 0.